The molecule has 5 rings (SSSR count). The molecule has 6 heteroatoms. The van der Waals surface area contributed by atoms with Crippen molar-refractivity contribution < 1.29 is 19.1 Å². The van der Waals surface area contributed by atoms with E-state index in [4.69, 9.17) is 9.16 Å². The van der Waals surface area contributed by atoms with Gasteiger partial charge >= 0.3 is 5.97 Å². The van der Waals surface area contributed by atoms with E-state index in [1.807, 2.05) is 13.0 Å². The fraction of sp³-hybridized carbons (Fsp3) is 0.488. The lowest BCUT2D eigenvalue weighted by molar-refractivity contribution is -0.162. The SMILES string of the molecule is CC(C)(C)[Si](OCCC[C@@H]1C=C([Si](C)(C)C)[C@@H]2[C@@H](OCc3ccccc3)CCC[C@H]2[C@]1(C)C(=O)O)(c1ccccc1)c1ccccc1. The summed E-state index contributed by atoms with van der Waals surface area (Å²) in [5, 5.41) is 15.0. The van der Waals surface area contributed by atoms with Gasteiger partial charge in [0.2, 0.25) is 0 Å². The highest BCUT2D eigenvalue weighted by Gasteiger charge is 2.57. The molecule has 0 saturated heterocycles. The second-order valence-electron chi connectivity index (χ2n) is 16.1. The molecule has 5 atom stereocenters. The van der Waals surface area contributed by atoms with E-state index in [9.17, 15) is 9.90 Å². The molecule has 2 aliphatic rings. The van der Waals surface area contributed by atoms with Gasteiger partial charge in [-0.3, -0.25) is 4.79 Å². The molecule has 0 aliphatic heterocycles. The van der Waals surface area contributed by atoms with Crippen molar-refractivity contribution in [2.45, 2.75) is 97.2 Å². The predicted molar refractivity (Wildman–Crippen MR) is 199 cm³/mol. The van der Waals surface area contributed by atoms with E-state index in [0.717, 1.165) is 32.1 Å². The molecule has 0 amide bonds. The maximum Gasteiger partial charge on any atom is 0.310 e. The van der Waals surface area contributed by atoms with E-state index in [1.165, 1.54) is 21.1 Å². The molecule has 4 nitrogen and oxygen atoms in total. The number of fused-ring (bicyclic) bond motifs is 1. The number of carboxylic acid groups (broad SMARTS) is 1. The number of ether oxygens (including phenoxy) is 1. The topological polar surface area (TPSA) is 55.8 Å². The van der Waals surface area contributed by atoms with E-state index < -0.39 is 27.8 Å². The fourth-order valence-electron chi connectivity index (χ4n) is 8.73. The average Bonchev–Trinajstić information content (AvgIpc) is 3.05. The van der Waals surface area contributed by atoms with Crippen LogP contribution in [0.1, 0.15) is 65.4 Å². The Kier molecular flexibility index (Phi) is 10.9. The molecule has 0 heterocycles. The van der Waals surface area contributed by atoms with E-state index in [2.05, 4.69) is 131 Å². The molecule has 0 spiro atoms. The molecule has 1 fully saturated rings. The van der Waals surface area contributed by atoms with Gasteiger partial charge in [-0.15, -0.1) is 0 Å². The normalized spacial score (nSPS) is 25.1. The largest absolute Gasteiger partial charge is 0.481 e. The third-order valence-electron chi connectivity index (χ3n) is 11.1. The van der Waals surface area contributed by atoms with Crippen molar-refractivity contribution in [2.75, 3.05) is 6.61 Å². The van der Waals surface area contributed by atoms with Gasteiger partial charge in [0.25, 0.3) is 8.32 Å². The molecule has 3 aromatic carbocycles. The maximum atomic E-state index is 13.4. The van der Waals surface area contributed by atoms with Crippen LogP contribution in [0.25, 0.3) is 0 Å². The zero-order valence-electron chi connectivity index (χ0n) is 29.7. The number of carboxylic acids is 1. The van der Waals surface area contributed by atoms with Crippen LogP contribution in [0, 0.1) is 23.2 Å². The van der Waals surface area contributed by atoms with Crippen molar-refractivity contribution in [1.82, 2.24) is 0 Å². The van der Waals surface area contributed by atoms with Gasteiger partial charge in [0.05, 0.1) is 26.2 Å². The summed E-state index contributed by atoms with van der Waals surface area (Å²) in [5.74, 6) is -0.493. The number of hydrogen-bond donors (Lipinski definition) is 1. The summed E-state index contributed by atoms with van der Waals surface area (Å²) < 4.78 is 13.9. The Morgan fingerprint density at radius 1 is 0.872 bits per heavy atom. The smallest absolute Gasteiger partial charge is 0.310 e. The molecule has 1 N–H and O–H groups in total. The van der Waals surface area contributed by atoms with E-state index in [-0.39, 0.29) is 28.9 Å². The monoisotopic (exact) mass is 668 g/mol. The number of hydrogen-bond acceptors (Lipinski definition) is 3. The lowest BCUT2D eigenvalue weighted by atomic mass is 9.55. The summed E-state index contributed by atoms with van der Waals surface area (Å²) in [4.78, 5) is 13.4. The number of benzene rings is 3. The van der Waals surface area contributed by atoms with E-state index in [1.54, 1.807) is 0 Å². The number of allylic oxidation sites excluding steroid dienone is 1. The molecule has 0 radical (unpaired) electrons. The molecule has 1 saturated carbocycles. The van der Waals surface area contributed by atoms with Crippen LogP contribution in [0.3, 0.4) is 0 Å². The van der Waals surface area contributed by atoms with Crippen LogP contribution in [0.5, 0.6) is 0 Å². The van der Waals surface area contributed by atoms with Crippen molar-refractivity contribution in [3.8, 4) is 0 Å². The first-order valence-corrected chi connectivity index (χ1v) is 23.1. The average molecular weight is 669 g/mol. The minimum absolute atomic E-state index is 0.0430. The van der Waals surface area contributed by atoms with Crippen molar-refractivity contribution in [3.05, 3.63) is 108 Å². The Morgan fingerprint density at radius 3 is 1.94 bits per heavy atom. The van der Waals surface area contributed by atoms with Crippen LogP contribution in [0.2, 0.25) is 24.7 Å². The lowest BCUT2D eigenvalue weighted by Gasteiger charge is -2.54. The highest BCUT2D eigenvalue weighted by Crippen LogP contribution is 2.56. The van der Waals surface area contributed by atoms with Crippen molar-refractivity contribution in [2.24, 2.45) is 23.2 Å². The van der Waals surface area contributed by atoms with Crippen molar-refractivity contribution in [1.29, 1.82) is 0 Å². The summed E-state index contributed by atoms with van der Waals surface area (Å²) in [6, 6.07) is 31.9. The van der Waals surface area contributed by atoms with Gasteiger partial charge in [-0.25, -0.2) is 0 Å². The third kappa shape index (κ3) is 7.17. The van der Waals surface area contributed by atoms with E-state index in [0.29, 0.717) is 13.2 Å². The van der Waals surface area contributed by atoms with Gasteiger partial charge < -0.3 is 14.3 Å². The zero-order valence-corrected chi connectivity index (χ0v) is 31.7. The molecule has 0 bridgehead atoms. The summed E-state index contributed by atoms with van der Waals surface area (Å²) in [6.45, 7) is 17.4. The van der Waals surface area contributed by atoms with Crippen LogP contribution >= 0.6 is 0 Å². The first-order valence-electron chi connectivity index (χ1n) is 17.7. The molecule has 252 valence electrons. The quantitative estimate of drug-likeness (QED) is 0.155. The van der Waals surface area contributed by atoms with Crippen LogP contribution in [-0.2, 0) is 20.6 Å². The van der Waals surface area contributed by atoms with E-state index >= 15 is 0 Å². The summed E-state index contributed by atoms with van der Waals surface area (Å²) in [7, 11) is -4.43. The highest BCUT2D eigenvalue weighted by molar-refractivity contribution is 6.99. The Balaban J connectivity index is 1.43. The predicted octanol–water partition coefficient (Wildman–Crippen LogP) is 8.87. The number of carbonyl (C=O) groups is 1. The molecule has 2 aliphatic carbocycles. The van der Waals surface area contributed by atoms with Crippen LogP contribution in [0.15, 0.2) is 102 Å². The Bertz CT molecular complexity index is 1450. The third-order valence-corrected chi connectivity index (χ3v) is 18.4. The summed E-state index contributed by atoms with van der Waals surface area (Å²) >= 11 is 0. The Morgan fingerprint density at radius 2 is 1.43 bits per heavy atom. The summed E-state index contributed by atoms with van der Waals surface area (Å²) in [6.07, 6.45) is 7.02. The van der Waals surface area contributed by atoms with Gasteiger partial charge in [-0.05, 0) is 65.4 Å². The van der Waals surface area contributed by atoms with Crippen LogP contribution in [-0.4, -0.2) is 40.2 Å². The van der Waals surface area contributed by atoms with Gasteiger partial charge in [0, 0.05) is 12.5 Å². The zero-order chi connectivity index (χ0) is 33.9. The minimum atomic E-state index is -2.65. The molecular weight excluding hydrogens is 613 g/mol. The highest BCUT2D eigenvalue weighted by atomic mass is 28.4. The van der Waals surface area contributed by atoms with Crippen molar-refractivity contribution >= 4 is 32.7 Å². The van der Waals surface area contributed by atoms with Gasteiger partial charge in [-0.1, -0.05) is 149 Å². The lowest BCUT2D eigenvalue weighted by Crippen LogP contribution is -2.66. The first-order chi connectivity index (χ1) is 22.3. The van der Waals surface area contributed by atoms with Gasteiger partial charge in [0.15, 0.2) is 0 Å². The Hall–Kier alpha value is -2.78. The molecule has 3 aromatic rings. The second kappa shape index (κ2) is 14.4. The molecule has 0 aromatic heterocycles. The molecular formula is C41H56O4Si2. The van der Waals surface area contributed by atoms with Crippen LogP contribution < -0.4 is 10.4 Å². The number of aliphatic carboxylic acids is 1. The number of rotatable bonds is 12. The fourth-order valence-corrected chi connectivity index (χ4v) is 15.4. The van der Waals surface area contributed by atoms with Crippen LogP contribution in [0.4, 0.5) is 0 Å². The second-order valence-corrected chi connectivity index (χ2v) is 25.5. The maximum absolute atomic E-state index is 13.4. The van der Waals surface area contributed by atoms with Gasteiger partial charge in [0.1, 0.15) is 0 Å². The van der Waals surface area contributed by atoms with Gasteiger partial charge in [-0.2, -0.15) is 0 Å². The Labute approximate surface area is 285 Å². The standard InChI is InChI=1S/C41H56O4Si2/c1-40(2,3)47(33-22-13-9-14-23-33,34-24-15-10-16-25-34)45-28-18-21-32-29-37(46(5,6)7)38-35(41(32,4)39(42)43)26-17-27-36(38)44-30-31-19-11-8-12-20-31/h8-16,19-20,22-25,29,32,35-36,38H,17-18,21,26-28,30H2,1-7H3,(H,42,43)/t32-,35-,36+,38+,41-/m1/s1. The molecule has 47 heavy (non-hydrogen) atoms. The summed E-state index contributed by atoms with van der Waals surface area (Å²) in [5.41, 5.74) is 0.323. The molecule has 0 unspecified atom stereocenters. The van der Waals surface area contributed by atoms with Crippen molar-refractivity contribution in [3.63, 3.8) is 0 Å². The first kappa shape index (κ1) is 35.5. The minimum Gasteiger partial charge on any atom is -0.481 e.